The Bertz CT molecular complexity index is 1280. The molecule has 2 rings (SSSR count). The number of amides is 4. The number of carbonyl (C=O) groups is 5. The highest BCUT2D eigenvalue weighted by Gasteiger charge is 2.40. The first kappa shape index (κ1) is 35.8. The summed E-state index contributed by atoms with van der Waals surface area (Å²) in [7, 11) is 0. The normalized spacial score (nSPS) is 13.7. The van der Waals surface area contributed by atoms with E-state index in [-0.39, 0.29) is 6.42 Å². The number of hydrogen-bond donors (Lipinski definition) is 3. The predicted molar refractivity (Wildman–Crippen MR) is 166 cm³/mol. The first-order chi connectivity index (χ1) is 20.4. The Morgan fingerprint density at radius 3 is 1.77 bits per heavy atom. The second-order valence-electron chi connectivity index (χ2n) is 12.8. The average molecular weight is 611 g/mol. The van der Waals surface area contributed by atoms with E-state index < -0.39 is 71.6 Å². The number of nitrogens with zero attached hydrogens (tertiary/aromatic N) is 1. The van der Waals surface area contributed by atoms with Crippen LogP contribution in [0.2, 0.25) is 0 Å². The molecule has 11 heteroatoms. The molecule has 4 N–H and O–H groups in total. The summed E-state index contributed by atoms with van der Waals surface area (Å²) in [5, 5.41) is 5.26. The van der Waals surface area contributed by atoms with Crippen molar-refractivity contribution in [2.75, 3.05) is 0 Å². The number of rotatable bonds is 12. The molecule has 3 unspecified atom stereocenters. The molecule has 2 aromatic rings. The van der Waals surface area contributed by atoms with E-state index >= 15 is 0 Å². The highest BCUT2D eigenvalue weighted by atomic mass is 16.6. The van der Waals surface area contributed by atoms with Crippen LogP contribution in [0.1, 0.15) is 79.0 Å². The fourth-order valence-electron chi connectivity index (χ4n) is 4.45. The summed E-state index contributed by atoms with van der Waals surface area (Å²) in [6.45, 7) is 13.6. The van der Waals surface area contributed by atoms with Crippen molar-refractivity contribution in [3.05, 3.63) is 71.8 Å². The van der Waals surface area contributed by atoms with Gasteiger partial charge in [0.2, 0.25) is 17.7 Å². The van der Waals surface area contributed by atoms with Crippen molar-refractivity contribution < 1.29 is 33.4 Å². The molecule has 0 aliphatic carbocycles. The summed E-state index contributed by atoms with van der Waals surface area (Å²) in [6, 6.07) is 13.4. The van der Waals surface area contributed by atoms with Gasteiger partial charge in [-0.25, -0.2) is 9.59 Å². The second kappa shape index (κ2) is 15.4. The zero-order valence-electron chi connectivity index (χ0n) is 26.9. The van der Waals surface area contributed by atoms with Gasteiger partial charge in [-0.05, 0) is 66.5 Å². The van der Waals surface area contributed by atoms with Gasteiger partial charge in [-0.15, -0.1) is 0 Å². The Hall–Kier alpha value is -4.41. The number of esters is 1. The third-order valence-corrected chi connectivity index (χ3v) is 6.14. The van der Waals surface area contributed by atoms with Crippen molar-refractivity contribution in [2.24, 2.45) is 5.73 Å². The minimum absolute atomic E-state index is 0.142. The molecule has 44 heavy (non-hydrogen) atoms. The number of benzene rings is 2. The third kappa shape index (κ3) is 11.7. The number of alkyl carbamates (subject to hydrolysis) is 1. The van der Waals surface area contributed by atoms with Crippen molar-refractivity contribution in [1.82, 2.24) is 15.5 Å². The van der Waals surface area contributed by atoms with Gasteiger partial charge in [-0.2, -0.15) is 0 Å². The van der Waals surface area contributed by atoms with E-state index in [0.717, 1.165) is 5.56 Å². The lowest BCUT2D eigenvalue weighted by Crippen LogP contribution is -2.57. The van der Waals surface area contributed by atoms with E-state index in [2.05, 4.69) is 10.6 Å². The van der Waals surface area contributed by atoms with Crippen LogP contribution in [-0.2, 0) is 35.1 Å². The summed E-state index contributed by atoms with van der Waals surface area (Å²) >= 11 is 0. The van der Waals surface area contributed by atoms with Crippen molar-refractivity contribution in [1.29, 1.82) is 0 Å². The predicted octanol–water partition coefficient (Wildman–Crippen LogP) is 3.80. The number of carbonyl (C=O) groups excluding carboxylic acids is 5. The topological polar surface area (TPSA) is 157 Å². The molecule has 0 aliphatic heterocycles. The van der Waals surface area contributed by atoms with Crippen LogP contribution in [0.15, 0.2) is 60.7 Å². The van der Waals surface area contributed by atoms with Crippen molar-refractivity contribution in [3.8, 4) is 0 Å². The molecular weight excluding hydrogens is 564 g/mol. The second-order valence-corrected chi connectivity index (χ2v) is 12.8. The summed E-state index contributed by atoms with van der Waals surface area (Å²) in [4.78, 5) is 67.5. The van der Waals surface area contributed by atoms with Gasteiger partial charge in [0.25, 0.3) is 0 Å². The van der Waals surface area contributed by atoms with E-state index in [0.29, 0.717) is 5.56 Å². The highest BCUT2D eigenvalue weighted by molar-refractivity contribution is 5.95. The van der Waals surface area contributed by atoms with E-state index in [9.17, 15) is 24.0 Å². The molecular formula is C33H46N4O7. The van der Waals surface area contributed by atoms with E-state index in [1.54, 1.807) is 85.7 Å². The lowest BCUT2D eigenvalue weighted by atomic mass is 9.99. The molecule has 0 spiro atoms. The lowest BCUT2D eigenvalue weighted by molar-refractivity contribution is -0.159. The first-order valence-electron chi connectivity index (χ1n) is 14.6. The molecule has 0 radical (unpaired) electrons. The largest absolute Gasteiger partial charge is 0.458 e. The maximum absolute atomic E-state index is 14.2. The molecule has 11 nitrogen and oxygen atoms in total. The van der Waals surface area contributed by atoms with Crippen LogP contribution in [-0.4, -0.2) is 64.0 Å². The molecule has 0 aromatic heterocycles. The molecule has 240 valence electrons. The number of nitrogens with two attached hydrogens (primary N) is 1. The molecule has 3 atom stereocenters. The fraction of sp³-hybridized carbons (Fsp3) is 0.485. The van der Waals surface area contributed by atoms with Gasteiger partial charge in [0, 0.05) is 12.5 Å². The molecule has 0 bridgehead atoms. The average Bonchev–Trinajstić information content (AvgIpc) is 2.89. The van der Waals surface area contributed by atoms with Crippen LogP contribution in [0.5, 0.6) is 0 Å². The molecule has 0 saturated carbocycles. The summed E-state index contributed by atoms with van der Waals surface area (Å²) in [5.41, 5.74) is 5.00. The summed E-state index contributed by atoms with van der Waals surface area (Å²) in [5.74, 6) is -2.86. The number of primary amides is 1. The quantitative estimate of drug-likeness (QED) is 0.309. The Labute approximate surface area is 259 Å². The SMILES string of the molecule is CC(C)N(C(=O)C(CC(N)=O)NC(=O)OC(C)(C)C)C(C(=O)NC(Cc1ccccc1)C(=O)OC(C)(C)C)c1ccccc1. The zero-order chi connectivity index (χ0) is 33.2. The fourth-order valence-corrected chi connectivity index (χ4v) is 4.45. The van der Waals surface area contributed by atoms with E-state index in [4.69, 9.17) is 15.2 Å². The first-order valence-corrected chi connectivity index (χ1v) is 14.6. The number of hydrogen-bond acceptors (Lipinski definition) is 7. The lowest BCUT2D eigenvalue weighted by Gasteiger charge is -2.37. The van der Waals surface area contributed by atoms with Gasteiger partial charge in [0.1, 0.15) is 29.3 Å². The Kier molecular flexibility index (Phi) is 12.5. The molecule has 2 aromatic carbocycles. The minimum Gasteiger partial charge on any atom is -0.458 e. The van der Waals surface area contributed by atoms with Gasteiger partial charge >= 0.3 is 12.1 Å². The Morgan fingerprint density at radius 1 is 0.773 bits per heavy atom. The molecule has 0 heterocycles. The van der Waals surface area contributed by atoms with E-state index in [1.165, 1.54) is 4.90 Å². The maximum Gasteiger partial charge on any atom is 0.408 e. The maximum atomic E-state index is 14.2. The third-order valence-electron chi connectivity index (χ3n) is 6.14. The molecule has 4 amide bonds. The van der Waals surface area contributed by atoms with Gasteiger partial charge in [-0.3, -0.25) is 14.4 Å². The summed E-state index contributed by atoms with van der Waals surface area (Å²) < 4.78 is 10.9. The summed E-state index contributed by atoms with van der Waals surface area (Å²) in [6.07, 6.45) is -1.31. The monoisotopic (exact) mass is 610 g/mol. The smallest absolute Gasteiger partial charge is 0.408 e. The minimum atomic E-state index is -1.42. The van der Waals surface area contributed by atoms with Crippen molar-refractivity contribution in [2.45, 2.75) is 104 Å². The molecule has 0 saturated heterocycles. The Morgan fingerprint density at radius 2 is 1.30 bits per heavy atom. The van der Waals surface area contributed by atoms with Gasteiger partial charge in [-0.1, -0.05) is 60.7 Å². The number of ether oxygens (including phenoxy) is 2. The van der Waals surface area contributed by atoms with Gasteiger partial charge in [0.15, 0.2) is 0 Å². The van der Waals surface area contributed by atoms with Crippen molar-refractivity contribution in [3.63, 3.8) is 0 Å². The van der Waals surface area contributed by atoms with Crippen LogP contribution in [0.3, 0.4) is 0 Å². The highest BCUT2D eigenvalue weighted by Crippen LogP contribution is 2.26. The van der Waals surface area contributed by atoms with Gasteiger partial charge < -0.3 is 30.7 Å². The standard InChI is InChI=1S/C33H46N4O7/c1-21(2)37(29(40)24(20-26(34)38)36-31(42)44-33(6,7)8)27(23-17-13-10-14-18-23)28(39)35-25(30(41)43-32(3,4)5)19-22-15-11-9-12-16-22/h9-18,21,24-25,27H,19-20H2,1-8H3,(H2,34,38)(H,35,39)(H,36,42). The van der Waals surface area contributed by atoms with Gasteiger partial charge in [0.05, 0.1) is 6.42 Å². The van der Waals surface area contributed by atoms with Crippen LogP contribution in [0, 0.1) is 0 Å². The Balaban J connectivity index is 2.55. The molecule has 0 aliphatic rings. The van der Waals surface area contributed by atoms with Crippen LogP contribution >= 0.6 is 0 Å². The number of nitrogens with one attached hydrogen (secondary N) is 2. The van der Waals surface area contributed by atoms with Crippen molar-refractivity contribution >= 4 is 29.8 Å². The van der Waals surface area contributed by atoms with Crippen LogP contribution in [0.25, 0.3) is 0 Å². The van der Waals surface area contributed by atoms with Crippen LogP contribution < -0.4 is 16.4 Å². The zero-order valence-corrected chi connectivity index (χ0v) is 26.9. The molecule has 0 fully saturated rings. The van der Waals surface area contributed by atoms with E-state index in [1.807, 2.05) is 30.3 Å². The van der Waals surface area contributed by atoms with Crippen LogP contribution in [0.4, 0.5) is 4.79 Å².